The number of rotatable bonds is 9. The second-order valence-electron chi connectivity index (χ2n) is 9.34. The molecule has 1 atom stereocenters. The van der Waals surface area contributed by atoms with Crippen LogP contribution in [-0.2, 0) is 15.7 Å². The van der Waals surface area contributed by atoms with Crippen LogP contribution < -0.4 is 9.47 Å². The molecule has 1 unspecified atom stereocenters. The fourth-order valence-corrected chi connectivity index (χ4v) is 4.08. The highest BCUT2D eigenvalue weighted by molar-refractivity contribution is 5.80. The summed E-state index contributed by atoms with van der Waals surface area (Å²) in [7, 11) is 0. The maximum Gasteiger partial charge on any atom is 0.416 e. The minimum absolute atomic E-state index is 0.142. The van der Waals surface area contributed by atoms with Crippen LogP contribution in [0.3, 0.4) is 0 Å². The highest BCUT2D eigenvalue weighted by Crippen LogP contribution is 2.31. The summed E-state index contributed by atoms with van der Waals surface area (Å²) in [5.74, 6) is 6.19. The van der Waals surface area contributed by atoms with Crippen LogP contribution in [0.5, 0.6) is 11.5 Å². The Morgan fingerprint density at radius 2 is 1.56 bits per heavy atom. The van der Waals surface area contributed by atoms with Crippen molar-refractivity contribution in [3.05, 3.63) is 101 Å². The topological polar surface area (TPSA) is 68.2 Å². The van der Waals surface area contributed by atoms with Crippen molar-refractivity contribution in [2.45, 2.75) is 19.2 Å². The Morgan fingerprint density at radius 1 is 0.976 bits per heavy atom. The molecule has 0 amide bonds. The lowest BCUT2D eigenvalue weighted by Gasteiger charge is -2.24. The van der Waals surface area contributed by atoms with E-state index in [0.29, 0.717) is 42.4 Å². The van der Waals surface area contributed by atoms with Crippen LogP contribution in [0, 0.1) is 11.8 Å². The van der Waals surface area contributed by atoms with E-state index in [1.807, 2.05) is 24.3 Å². The number of carboxylic acid groups (broad SMARTS) is 1. The number of halogens is 3. The molecular weight excluding hydrogens is 535 g/mol. The van der Waals surface area contributed by atoms with Crippen molar-refractivity contribution >= 4 is 11.5 Å². The number of nitrogens with zero attached hydrogens (tertiary/aromatic N) is 1. The van der Waals surface area contributed by atoms with Crippen molar-refractivity contribution in [3.8, 4) is 23.3 Å². The molecule has 0 bridgehead atoms. The summed E-state index contributed by atoms with van der Waals surface area (Å²) in [4.78, 5) is 13.2. The minimum atomic E-state index is -4.43. The highest BCUT2D eigenvalue weighted by Gasteiger charge is 2.30. The van der Waals surface area contributed by atoms with Gasteiger partial charge in [0.2, 0.25) is 0 Å². The first-order valence-electron chi connectivity index (χ1n) is 13.1. The van der Waals surface area contributed by atoms with E-state index in [9.17, 15) is 18.0 Å². The lowest BCUT2D eigenvalue weighted by molar-refractivity contribution is -0.144. The van der Waals surface area contributed by atoms with Crippen molar-refractivity contribution < 1.29 is 37.3 Å². The number of hydrogen-bond acceptors (Lipinski definition) is 5. The SMILES string of the molecule is CC(Oc1ccc(OC/C=C(\c2ccc(C#CCN3CCOCC3)cc2)c2ccc(C(F)(F)F)cc2)cc1)C(=O)O. The smallest absolute Gasteiger partial charge is 0.416 e. The third kappa shape index (κ3) is 8.87. The molecule has 214 valence electrons. The van der Waals surface area contributed by atoms with E-state index in [-0.39, 0.29) is 6.61 Å². The molecule has 1 fully saturated rings. The van der Waals surface area contributed by atoms with Gasteiger partial charge in [-0.3, -0.25) is 4.90 Å². The first-order chi connectivity index (χ1) is 19.7. The first kappa shape index (κ1) is 29.7. The number of carboxylic acids is 1. The Bertz CT molecular complexity index is 1380. The van der Waals surface area contributed by atoms with E-state index in [2.05, 4.69) is 16.7 Å². The molecule has 0 aliphatic carbocycles. The molecule has 41 heavy (non-hydrogen) atoms. The summed E-state index contributed by atoms with van der Waals surface area (Å²) in [6.07, 6.45) is -3.61. The number of aliphatic carboxylic acids is 1. The summed E-state index contributed by atoms with van der Waals surface area (Å²) in [6, 6.07) is 19.1. The van der Waals surface area contributed by atoms with Gasteiger partial charge >= 0.3 is 12.1 Å². The summed E-state index contributed by atoms with van der Waals surface area (Å²) in [5, 5.41) is 8.99. The van der Waals surface area contributed by atoms with Gasteiger partial charge < -0.3 is 19.3 Å². The molecular formula is C32H30F3NO5. The summed E-state index contributed by atoms with van der Waals surface area (Å²) >= 11 is 0. The predicted octanol–water partition coefficient (Wildman–Crippen LogP) is 5.75. The number of carbonyl (C=O) groups is 1. The van der Waals surface area contributed by atoms with Gasteiger partial charge in [-0.05, 0) is 78.2 Å². The van der Waals surface area contributed by atoms with Gasteiger partial charge in [-0.1, -0.05) is 36.1 Å². The van der Waals surface area contributed by atoms with Gasteiger partial charge in [0.25, 0.3) is 0 Å². The van der Waals surface area contributed by atoms with Crippen LogP contribution in [0.4, 0.5) is 13.2 Å². The predicted molar refractivity (Wildman–Crippen MR) is 149 cm³/mol. The molecule has 9 heteroatoms. The van der Waals surface area contributed by atoms with E-state index < -0.39 is 23.8 Å². The first-order valence-corrected chi connectivity index (χ1v) is 13.1. The molecule has 4 rings (SSSR count). The second kappa shape index (κ2) is 13.9. The largest absolute Gasteiger partial charge is 0.490 e. The molecule has 3 aromatic rings. The Balaban J connectivity index is 1.49. The third-order valence-electron chi connectivity index (χ3n) is 6.38. The van der Waals surface area contributed by atoms with Crippen molar-refractivity contribution in [2.75, 3.05) is 39.5 Å². The van der Waals surface area contributed by atoms with E-state index in [1.54, 1.807) is 30.3 Å². The zero-order valence-electron chi connectivity index (χ0n) is 22.5. The van der Waals surface area contributed by atoms with Crippen molar-refractivity contribution in [1.82, 2.24) is 4.90 Å². The van der Waals surface area contributed by atoms with E-state index in [0.717, 1.165) is 36.3 Å². The normalized spacial score (nSPS) is 15.0. The van der Waals surface area contributed by atoms with Crippen LogP contribution in [-0.4, -0.2) is 61.5 Å². The van der Waals surface area contributed by atoms with Crippen LogP contribution >= 0.6 is 0 Å². The molecule has 1 N–H and O–H groups in total. The van der Waals surface area contributed by atoms with Gasteiger partial charge in [-0.15, -0.1) is 0 Å². The Morgan fingerprint density at radius 3 is 2.15 bits per heavy atom. The second-order valence-corrected chi connectivity index (χ2v) is 9.34. The summed E-state index contributed by atoms with van der Waals surface area (Å²) in [6.45, 7) is 5.38. The van der Waals surface area contributed by atoms with Gasteiger partial charge in [-0.2, -0.15) is 13.2 Å². The Hall–Kier alpha value is -4.26. The lowest BCUT2D eigenvalue weighted by Crippen LogP contribution is -2.36. The molecule has 0 saturated carbocycles. The fraction of sp³-hybridized carbons (Fsp3) is 0.281. The Kier molecular flexibility index (Phi) is 10.1. The van der Waals surface area contributed by atoms with Gasteiger partial charge in [-0.25, -0.2) is 4.79 Å². The van der Waals surface area contributed by atoms with E-state index in [1.165, 1.54) is 19.1 Å². The van der Waals surface area contributed by atoms with Gasteiger partial charge in [0.1, 0.15) is 18.1 Å². The van der Waals surface area contributed by atoms with Gasteiger partial charge in [0, 0.05) is 18.7 Å². The molecule has 0 spiro atoms. The van der Waals surface area contributed by atoms with Gasteiger partial charge in [0.05, 0.1) is 25.3 Å². The molecule has 6 nitrogen and oxygen atoms in total. The summed E-state index contributed by atoms with van der Waals surface area (Å²) in [5.41, 5.74) is 2.24. The van der Waals surface area contributed by atoms with Crippen LogP contribution in [0.15, 0.2) is 78.9 Å². The number of benzene rings is 3. The van der Waals surface area contributed by atoms with Crippen molar-refractivity contribution in [2.24, 2.45) is 0 Å². The van der Waals surface area contributed by atoms with E-state index in [4.69, 9.17) is 19.3 Å². The minimum Gasteiger partial charge on any atom is -0.490 e. The monoisotopic (exact) mass is 565 g/mol. The van der Waals surface area contributed by atoms with Crippen molar-refractivity contribution in [1.29, 1.82) is 0 Å². The van der Waals surface area contributed by atoms with Crippen LogP contribution in [0.25, 0.3) is 5.57 Å². The zero-order chi connectivity index (χ0) is 29.2. The molecule has 0 aromatic heterocycles. The van der Waals surface area contributed by atoms with Crippen LogP contribution in [0.1, 0.15) is 29.2 Å². The lowest BCUT2D eigenvalue weighted by atomic mass is 9.96. The standard InChI is InChI=1S/C32H30F3NO5/c1-23(31(37)38)41-29-14-12-28(13-15-29)40-20-16-30(26-8-10-27(11-9-26)32(33,34)35)25-6-4-24(5-7-25)3-2-17-36-18-21-39-22-19-36/h4-16,23H,17-22H2,1H3,(H,37,38)/b30-16+. The molecule has 1 saturated heterocycles. The van der Waals surface area contributed by atoms with Crippen molar-refractivity contribution in [3.63, 3.8) is 0 Å². The van der Waals surface area contributed by atoms with E-state index >= 15 is 0 Å². The summed E-state index contributed by atoms with van der Waals surface area (Å²) < 4.78 is 55.9. The van der Waals surface area contributed by atoms with Gasteiger partial charge in [0.15, 0.2) is 6.10 Å². The molecule has 1 heterocycles. The zero-order valence-corrected chi connectivity index (χ0v) is 22.5. The fourth-order valence-electron chi connectivity index (χ4n) is 4.08. The highest BCUT2D eigenvalue weighted by atomic mass is 19.4. The number of alkyl halides is 3. The average molecular weight is 566 g/mol. The number of morpholine rings is 1. The van der Waals surface area contributed by atoms with Crippen LogP contribution in [0.2, 0.25) is 0 Å². The molecule has 1 aliphatic rings. The number of ether oxygens (including phenoxy) is 3. The molecule has 3 aromatic carbocycles. The maximum absolute atomic E-state index is 13.1. The Labute approximate surface area is 237 Å². The molecule has 1 aliphatic heterocycles. The maximum atomic E-state index is 13.1. The molecule has 0 radical (unpaired) electrons. The number of hydrogen-bond donors (Lipinski definition) is 1. The third-order valence-corrected chi connectivity index (χ3v) is 6.38. The quantitative estimate of drug-likeness (QED) is 0.333. The average Bonchev–Trinajstić information content (AvgIpc) is 2.97.